The summed E-state index contributed by atoms with van der Waals surface area (Å²) >= 11 is 0. The summed E-state index contributed by atoms with van der Waals surface area (Å²) in [6.07, 6.45) is 6.17. The topological polar surface area (TPSA) is 73.7 Å². The maximum absolute atomic E-state index is 12.9. The molecule has 4 heteroatoms. The molecule has 116 valence electrons. The number of hydrogen-bond donors (Lipinski definition) is 1. The van der Waals surface area contributed by atoms with E-state index in [0.717, 1.165) is 17.3 Å². The Labute approximate surface area is 134 Å². The highest BCUT2D eigenvalue weighted by Gasteiger charge is 2.34. The van der Waals surface area contributed by atoms with Crippen LogP contribution in [0.15, 0.2) is 36.4 Å². The van der Waals surface area contributed by atoms with Crippen LogP contribution in [0.25, 0.3) is 10.9 Å². The molecule has 0 fully saturated rings. The molecule has 0 unspecified atom stereocenters. The van der Waals surface area contributed by atoms with Crippen LogP contribution in [0, 0.1) is 30.1 Å². The standard InChI is InChI=1S/C19H18N2O2/c1-12-17(14-9-5-6-10-16(14)21-12)19(23)15(11-20)18(22)13-7-3-2-4-8-13/h2-3,5-6,9-10,13,15,21H,4,7-8H2,1H3/t13-,15-/m0/s1. The number of benzene rings is 1. The Balaban J connectivity index is 1.96. The molecule has 1 aromatic carbocycles. The first-order valence-electron chi connectivity index (χ1n) is 7.83. The Morgan fingerprint density at radius 2 is 2.09 bits per heavy atom. The highest BCUT2D eigenvalue weighted by molar-refractivity contribution is 6.19. The van der Waals surface area contributed by atoms with Crippen molar-refractivity contribution >= 4 is 22.5 Å². The van der Waals surface area contributed by atoms with Crippen molar-refractivity contribution in [3.63, 3.8) is 0 Å². The fraction of sp³-hybridized carbons (Fsp3) is 0.316. The van der Waals surface area contributed by atoms with Crippen molar-refractivity contribution in [3.05, 3.63) is 47.7 Å². The van der Waals surface area contributed by atoms with Gasteiger partial charge in [-0.1, -0.05) is 30.4 Å². The van der Waals surface area contributed by atoms with Crippen molar-refractivity contribution in [2.75, 3.05) is 0 Å². The number of nitriles is 1. The zero-order valence-electron chi connectivity index (χ0n) is 13.0. The summed E-state index contributed by atoms with van der Waals surface area (Å²) in [7, 11) is 0. The summed E-state index contributed by atoms with van der Waals surface area (Å²) in [6.45, 7) is 1.80. The zero-order chi connectivity index (χ0) is 16.4. The number of H-pyrrole nitrogens is 1. The lowest BCUT2D eigenvalue weighted by atomic mass is 9.82. The van der Waals surface area contributed by atoms with E-state index in [9.17, 15) is 14.9 Å². The molecule has 4 nitrogen and oxygen atoms in total. The molecular weight excluding hydrogens is 288 g/mol. The SMILES string of the molecule is Cc1[nH]c2ccccc2c1C(=O)[C@@H](C#N)C(=O)[C@H]1CC=CCC1. The van der Waals surface area contributed by atoms with Gasteiger partial charge in [-0.05, 0) is 32.3 Å². The third-order valence-electron chi connectivity index (χ3n) is 4.49. The number of carbonyl (C=O) groups is 2. The molecule has 0 saturated heterocycles. The summed E-state index contributed by atoms with van der Waals surface area (Å²) in [5.74, 6) is -2.07. The fourth-order valence-corrected chi connectivity index (χ4v) is 3.28. The number of nitrogens with one attached hydrogen (secondary N) is 1. The molecule has 2 aromatic rings. The van der Waals surface area contributed by atoms with E-state index in [2.05, 4.69) is 4.98 Å². The fourth-order valence-electron chi connectivity index (χ4n) is 3.28. The first-order valence-corrected chi connectivity index (χ1v) is 7.83. The second kappa shape index (κ2) is 6.21. The number of rotatable bonds is 4. The number of Topliss-reactive ketones (excluding diaryl/α,β-unsaturated/α-hetero) is 2. The highest BCUT2D eigenvalue weighted by atomic mass is 16.2. The number of nitrogens with zero attached hydrogens (tertiary/aromatic N) is 1. The lowest BCUT2D eigenvalue weighted by Gasteiger charge is -2.18. The maximum atomic E-state index is 12.9. The Kier molecular flexibility index (Phi) is 4.12. The first kappa shape index (κ1) is 15.2. The third kappa shape index (κ3) is 2.70. The molecule has 1 aliphatic rings. The summed E-state index contributed by atoms with van der Waals surface area (Å²) in [5, 5.41) is 10.2. The number of ketones is 2. The number of para-hydroxylation sites is 1. The van der Waals surface area contributed by atoms with Gasteiger partial charge in [-0.2, -0.15) is 5.26 Å². The van der Waals surface area contributed by atoms with E-state index in [-0.39, 0.29) is 17.5 Å². The Hall–Kier alpha value is -2.67. The minimum absolute atomic E-state index is 0.223. The Morgan fingerprint density at radius 3 is 2.78 bits per heavy atom. The third-order valence-corrected chi connectivity index (χ3v) is 4.49. The van der Waals surface area contributed by atoms with E-state index < -0.39 is 5.92 Å². The largest absolute Gasteiger partial charge is 0.358 e. The molecule has 0 spiro atoms. The van der Waals surface area contributed by atoms with Crippen LogP contribution in [0.4, 0.5) is 0 Å². The van der Waals surface area contributed by atoms with Crippen LogP contribution in [-0.2, 0) is 4.79 Å². The van der Waals surface area contributed by atoms with E-state index in [1.807, 2.05) is 42.5 Å². The predicted octanol–water partition coefficient (Wildman–Crippen LogP) is 3.72. The van der Waals surface area contributed by atoms with Gasteiger partial charge in [0.15, 0.2) is 17.5 Å². The van der Waals surface area contributed by atoms with Gasteiger partial charge in [-0.15, -0.1) is 0 Å². The summed E-state index contributed by atoms with van der Waals surface area (Å²) in [5.41, 5.74) is 2.01. The molecule has 0 amide bonds. The number of aromatic amines is 1. The van der Waals surface area contributed by atoms with Gasteiger partial charge in [0.05, 0.1) is 6.07 Å². The van der Waals surface area contributed by atoms with Crippen LogP contribution < -0.4 is 0 Å². The lowest BCUT2D eigenvalue weighted by molar-refractivity contribution is -0.124. The smallest absolute Gasteiger partial charge is 0.189 e. The second-order valence-electron chi connectivity index (χ2n) is 5.98. The molecule has 0 saturated carbocycles. The summed E-state index contributed by atoms with van der Waals surface area (Å²) in [6, 6.07) is 9.40. The quantitative estimate of drug-likeness (QED) is 0.531. The number of hydrogen-bond acceptors (Lipinski definition) is 3. The molecule has 23 heavy (non-hydrogen) atoms. The van der Waals surface area contributed by atoms with Gasteiger partial charge in [-0.25, -0.2) is 0 Å². The van der Waals surface area contributed by atoms with Gasteiger partial charge < -0.3 is 4.98 Å². The van der Waals surface area contributed by atoms with Crippen molar-refractivity contribution in [1.29, 1.82) is 5.26 Å². The van der Waals surface area contributed by atoms with Crippen LogP contribution in [-0.4, -0.2) is 16.6 Å². The molecule has 1 heterocycles. The first-order chi connectivity index (χ1) is 11.1. The van der Waals surface area contributed by atoms with Gasteiger partial charge in [0.2, 0.25) is 0 Å². The molecule has 1 aromatic heterocycles. The van der Waals surface area contributed by atoms with Crippen molar-refractivity contribution in [2.24, 2.45) is 11.8 Å². The maximum Gasteiger partial charge on any atom is 0.189 e. The van der Waals surface area contributed by atoms with Crippen molar-refractivity contribution in [1.82, 2.24) is 4.98 Å². The Bertz CT molecular complexity index is 839. The molecule has 1 aliphatic carbocycles. The normalized spacial score (nSPS) is 18.5. The van der Waals surface area contributed by atoms with Crippen LogP contribution in [0.5, 0.6) is 0 Å². The lowest BCUT2D eigenvalue weighted by Crippen LogP contribution is -2.29. The van der Waals surface area contributed by atoms with Gasteiger partial charge in [0, 0.05) is 28.1 Å². The zero-order valence-corrected chi connectivity index (χ0v) is 13.0. The number of carbonyl (C=O) groups excluding carboxylic acids is 2. The summed E-state index contributed by atoms with van der Waals surface area (Å²) in [4.78, 5) is 28.7. The predicted molar refractivity (Wildman–Crippen MR) is 88.0 cm³/mol. The molecular formula is C19H18N2O2. The van der Waals surface area contributed by atoms with Crippen molar-refractivity contribution in [2.45, 2.75) is 26.2 Å². The van der Waals surface area contributed by atoms with E-state index >= 15 is 0 Å². The monoisotopic (exact) mass is 306 g/mol. The van der Waals surface area contributed by atoms with Crippen molar-refractivity contribution in [3.8, 4) is 6.07 Å². The second-order valence-corrected chi connectivity index (χ2v) is 5.98. The average Bonchev–Trinajstić information content (AvgIpc) is 2.91. The minimum Gasteiger partial charge on any atom is -0.358 e. The van der Waals surface area contributed by atoms with E-state index in [1.165, 1.54) is 0 Å². The minimum atomic E-state index is -1.22. The molecule has 2 atom stereocenters. The van der Waals surface area contributed by atoms with Gasteiger partial charge in [0.25, 0.3) is 0 Å². The molecule has 0 aliphatic heterocycles. The van der Waals surface area contributed by atoms with Crippen LogP contribution >= 0.6 is 0 Å². The molecule has 3 rings (SSSR count). The average molecular weight is 306 g/mol. The number of allylic oxidation sites excluding steroid dienone is 2. The van der Waals surface area contributed by atoms with Gasteiger partial charge in [-0.3, -0.25) is 9.59 Å². The number of fused-ring (bicyclic) bond motifs is 1. The van der Waals surface area contributed by atoms with Crippen molar-refractivity contribution < 1.29 is 9.59 Å². The van der Waals surface area contributed by atoms with E-state index in [1.54, 1.807) is 6.92 Å². The van der Waals surface area contributed by atoms with E-state index in [0.29, 0.717) is 24.1 Å². The van der Waals surface area contributed by atoms with Crippen LogP contribution in [0.1, 0.15) is 35.3 Å². The number of aryl methyl sites for hydroxylation is 1. The van der Waals surface area contributed by atoms with E-state index in [4.69, 9.17) is 0 Å². The van der Waals surface area contributed by atoms with Crippen LogP contribution in [0.2, 0.25) is 0 Å². The van der Waals surface area contributed by atoms with Crippen LogP contribution in [0.3, 0.4) is 0 Å². The molecule has 0 radical (unpaired) electrons. The number of aromatic nitrogens is 1. The summed E-state index contributed by atoms with van der Waals surface area (Å²) < 4.78 is 0. The molecule has 1 N–H and O–H groups in total. The highest BCUT2D eigenvalue weighted by Crippen LogP contribution is 2.28. The van der Waals surface area contributed by atoms with Gasteiger partial charge >= 0.3 is 0 Å². The Morgan fingerprint density at radius 1 is 1.30 bits per heavy atom. The van der Waals surface area contributed by atoms with Gasteiger partial charge in [0.1, 0.15) is 0 Å². The molecule has 0 bridgehead atoms.